The minimum atomic E-state index is -0.993. The van der Waals surface area contributed by atoms with Crippen LogP contribution < -0.4 is 5.32 Å². The Kier molecular flexibility index (Phi) is 11.1. The number of piperidine rings is 1. The van der Waals surface area contributed by atoms with Crippen LogP contribution in [0, 0.1) is 11.3 Å². The van der Waals surface area contributed by atoms with Crippen LogP contribution in [0.2, 0.25) is 0 Å². The van der Waals surface area contributed by atoms with Gasteiger partial charge in [0.05, 0.1) is 12.1 Å². The molecule has 190 valence electrons. The lowest BCUT2D eigenvalue weighted by Gasteiger charge is -2.41. The molecule has 2 amide bonds. The number of amides is 2. The van der Waals surface area contributed by atoms with Crippen molar-refractivity contribution in [3.05, 3.63) is 11.6 Å². The molecule has 0 radical (unpaired) electrons. The number of aliphatic carboxylic acids is 1. The van der Waals surface area contributed by atoms with E-state index in [1.165, 1.54) is 0 Å². The predicted molar refractivity (Wildman–Crippen MR) is 133 cm³/mol. The number of carboxylic acids is 1. The smallest absolute Gasteiger partial charge is 0.331 e. The Morgan fingerprint density at radius 2 is 1.76 bits per heavy atom. The number of carbonyl (C=O) groups excluding carboxylic acids is 2. The van der Waals surface area contributed by atoms with E-state index in [-0.39, 0.29) is 35.4 Å². The van der Waals surface area contributed by atoms with Crippen LogP contribution in [0.5, 0.6) is 0 Å². The van der Waals surface area contributed by atoms with Crippen LogP contribution in [0.15, 0.2) is 11.6 Å². The zero-order chi connectivity index (χ0) is 25.5. The fourth-order valence-corrected chi connectivity index (χ4v) is 4.46. The fourth-order valence-electron chi connectivity index (χ4n) is 4.46. The fraction of sp³-hybridized carbons (Fsp3) is 0.808. The highest BCUT2D eigenvalue weighted by Gasteiger charge is 2.40. The summed E-state index contributed by atoms with van der Waals surface area (Å²) < 4.78 is 0. The van der Waals surface area contributed by atoms with Crippen LogP contribution in [0.3, 0.4) is 0 Å². The van der Waals surface area contributed by atoms with Gasteiger partial charge in [-0.25, -0.2) is 4.79 Å². The maximum atomic E-state index is 13.7. The van der Waals surface area contributed by atoms with Gasteiger partial charge in [-0.3, -0.25) is 14.5 Å². The highest BCUT2D eigenvalue weighted by molar-refractivity contribution is 5.91. The van der Waals surface area contributed by atoms with Gasteiger partial charge in [0.25, 0.3) is 0 Å². The van der Waals surface area contributed by atoms with Crippen molar-refractivity contribution in [3.63, 3.8) is 0 Å². The van der Waals surface area contributed by atoms with E-state index in [0.29, 0.717) is 6.04 Å². The lowest BCUT2D eigenvalue weighted by molar-refractivity contribution is -0.142. The monoisotopic (exact) mass is 465 g/mol. The van der Waals surface area contributed by atoms with Crippen molar-refractivity contribution in [3.8, 4) is 0 Å². The maximum absolute atomic E-state index is 13.7. The molecule has 0 spiro atoms. The Labute approximate surface area is 201 Å². The summed E-state index contributed by atoms with van der Waals surface area (Å²) in [5, 5.41) is 12.5. The Bertz CT molecular complexity index is 713. The number of rotatable bonds is 10. The van der Waals surface area contributed by atoms with Gasteiger partial charge in [-0.05, 0) is 51.0 Å². The molecule has 1 aliphatic heterocycles. The van der Waals surface area contributed by atoms with Gasteiger partial charge in [-0.2, -0.15) is 0 Å². The second-order valence-electron chi connectivity index (χ2n) is 10.8. The van der Waals surface area contributed by atoms with Crippen molar-refractivity contribution in [1.82, 2.24) is 15.1 Å². The second kappa shape index (κ2) is 12.5. The van der Waals surface area contributed by atoms with Crippen molar-refractivity contribution >= 4 is 17.8 Å². The molecular weight excluding hydrogens is 418 g/mol. The SMILES string of the molecule is CCC(C)N1CCCCC1C(=O)N[C@H](C(=O)N(C)[C@H](/C=C(\C)C(=O)O)[C@@H](C)CC)C(C)(C)C. The molecule has 0 aliphatic carbocycles. The Balaban J connectivity index is 3.20. The third-order valence-corrected chi connectivity index (χ3v) is 7.18. The number of carbonyl (C=O) groups is 3. The third kappa shape index (κ3) is 7.83. The number of likely N-dealkylation sites (N-methyl/N-ethyl adjacent to an activating group) is 1. The van der Waals surface area contributed by atoms with Gasteiger partial charge in [0, 0.05) is 18.7 Å². The highest BCUT2D eigenvalue weighted by Crippen LogP contribution is 2.26. The molecule has 2 unspecified atom stereocenters. The average molecular weight is 466 g/mol. The average Bonchev–Trinajstić information content (AvgIpc) is 2.77. The van der Waals surface area contributed by atoms with Gasteiger partial charge in [0.1, 0.15) is 6.04 Å². The molecule has 1 saturated heterocycles. The quantitative estimate of drug-likeness (QED) is 0.475. The van der Waals surface area contributed by atoms with Crippen LogP contribution in [-0.4, -0.2) is 70.4 Å². The topological polar surface area (TPSA) is 90.0 Å². The number of likely N-dealkylation sites (tertiary alicyclic amines) is 1. The first-order chi connectivity index (χ1) is 15.3. The zero-order valence-electron chi connectivity index (χ0n) is 22.3. The molecule has 7 heteroatoms. The van der Waals surface area contributed by atoms with Gasteiger partial charge >= 0.3 is 5.97 Å². The van der Waals surface area contributed by atoms with Crippen molar-refractivity contribution in [2.75, 3.05) is 13.6 Å². The van der Waals surface area contributed by atoms with E-state index in [2.05, 4.69) is 24.1 Å². The van der Waals surface area contributed by atoms with Gasteiger partial charge in [-0.1, -0.05) is 60.5 Å². The molecule has 0 bridgehead atoms. The van der Waals surface area contributed by atoms with E-state index < -0.39 is 17.4 Å². The van der Waals surface area contributed by atoms with E-state index in [9.17, 15) is 19.5 Å². The standard InChI is InChI=1S/C26H47N3O4/c1-10-17(3)21(16-18(4)25(32)33)28(9)24(31)22(26(6,7)8)27-23(30)20-14-12-13-15-29(20)19(5)11-2/h16-17,19-22H,10-15H2,1-9H3,(H,27,30)(H,32,33)/b18-16+/t17-,19?,20?,21+,22+/m0/s1. The molecule has 2 N–H and O–H groups in total. The van der Waals surface area contributed by atoms with Crippen LogP contribution in [0.25, 0.3) is 0 Å². The molecule has 0 aromatic heterocycles. The lowest BCUT2D eigenvalue weighted by Crippen LogP contribution is -2.60. The van der Waals surface area contributed by atoms with Crippen molar-refractivity contribution in [2.24, 2.45) is 11.3 Å². The summed E-state index contributed by atoms with van der Waals surface area (Å²) >= 11 is 0. The number of nitrogens with zero attached hydrogens (tertiary/aromatic N) is 2. The van der Waals surface area contributed by atoms with Gasteiger partial charge < -0.3 is 15.3 Å². The predicted octanol–water partition coefficient (Wildman–Crippen LogP) is 4.07. The van der Waals surface area contributed by atoms with E-state index in [1.54, 1.807) is 24.9 Å². The summed E-state index contributed by atoms with van der Waals surface area (Å²) in [6, 6.07) is -0.991. The number of carboxylic acid groups (broad SMARTS) is 1. The molecule has 5 atom stereocenters. The molecule has 1 rings (SSSR count). The summed E-state index contributed by atoms with van der Waals surface area (Å²) in [4.78, 5) is 42.5. The molecule has 1 aliphatic rings. The van der Waals surface area contributed by atoms with Crippen molar-refractivity contribution < 1.29 is 19.5 Å². The highest BCUT2D eigenvalue weighted by atomic mass is 16.4. The number of hydrogen-bond acceptors (Lipinski definition) is 4. The van der Waals surface area contributed by atoms with Crippen LogP contribution >= 0.6 is 0 Å². The first kappa shape index (κ1) is 29.1. The lowest BCUT2D eigenvalue weighted by atomic mass is 9.84. The molecule has 0 saturated carbocycles. The minimum absolute atomic E-state index is 0.0730. The van der Waals surface area contributed by atoms with Gasteiger partial charge in [-0.15, -0.1) is 0 Å². The first-order valence-electron chi connectivity index (χ1n) is 12.5. The first-order valence-corrected chi connectivity index (χ1v) is 12.5. The summed E-state index contributed by atoms with van der Waals surface area (Å²) in [5.74, 6) is -1.20. The third-order valence-electron chi connectivity index (χ3n) is 7.18. The van der Waals surface area contributed by atoms with Crippen LogP contribution in [0.4, 0.5) is 0 Å². The van der Waals surface area contributed by atoms with Gasteiger partial charge in [0.2, 0.25) is 11.8 Å². The van der Waals surface area contributed by atoms with Crippen LogP contribution in [-0.2, 0) is 14.4 Å². The van der Waals surface area contributed by atoms with Crippen molar-refractivity contribution in [2.45, 2.75) is 112 Å². The minimum Gasteiger partial charge on any atom is -0.478 e. The van der Waals surface area contributed by atoms with E-state index in [4.69, 9.17) is 0 Å². The Hall–Kier alpha value is -1.89. The number of nitrogens with one attached hydrogen (secondary N) is 1. The van der Waals surface area contributed by atoms with E-state index >= 15 is 0 Å². The largest absolute Gasteiger partial charge is 0.478 e. The molecule has 1 heterocycles. The molecule has 0 aromatic rings. The van der Waals surface area contributed by atoms with Gasteiger partial charge in [0.15, 0.2) is 0 Å². The van der Waals surface area contributed by atoms with E-state index in [1.807, 2.05) is 34.6 Å². The summed E-state index contributed by atoms with van der Waals surface area (Å²) in [6.07, 6.45) is 6.32. The maximum Gasteiger partial charge on any atom is 0.331 e. The summed E-state index contributed by atoms with van der Waals surface area (Å²) in [7, 11) is 1.71. The molecule has 1 fully saturated rings. The Morgan fingerprint density at radius 1 is 1.15 bits per heavy atom. The Morgan fingerprint density at radius 3 is 2.24 bits per heavy atom. The molecule has 7 nitrogen and oxygen atoms in total. The van der Waals surface area contributed by atoms with Crippen molar-refractivity contribution in [1.29, 1.82) is 0 Å². The second-order valence-corrected chi connectivity index (χ2v) is 10.8. The van der Waals surface area contributed by atoms with Crippen LogP contribution in [0.1, 0.15) is 87.5 Å². The summed E-state index contributed by atoms with van der Waals surface area (Å²) in [6.45, 7) is 16.6. The number of hydrogen-bond donors (Lipinski definition) is 2. The molecule has 33 heavy (non-hydrogen) atoms. The summed E-state index contributed by atoms with van der Waals surface area (Å²) in [5.41, 5.74) is -0.287. The normalized spacial score (nSPS) is 21.6. The molecular formula is C26H47N3O4. The zero-order valence-corrected chi connectivity index (χ0v) is 22.3. The molecule has 0 aromatic carbocycles. The van der Waals surface area contributed by atoms with E-state index in [0.717, 1.165) is 38.6 Å².